The first-order valence-electron chi connectivity index (χ1n) is 5.18. The van der Waals surface area contributed by atoms with Gasteiger partial charge in [0, 0.05) is 0 Å². The van der Waals surface area contributed by atoms with Crippen molar-refractivity contribution in [1.29, 1.82) is 0 Å². The molecule has 0 aliphatic carbocycles. The molecular formula is C13H18O2. The van der Waals surface area contributed by atoms with Crippen molar-refractivity contribution in [1.82, 2.24) is 0 Å². The lowest BCUT2D eigenvalue weighted by atomic mass is 9.77. The summed E-state index contributed by atoms with van der Waals surface area (Å²) in [5, 5.41) is 9.17. The molecule has 2 heteroatoms. The summed E-state index contributed by atoms with van der Waals surface area (Å²) >= 11 is 0. The smallest absolute Gasteiger partial charge is 0.307 e. The molecule has 1 rings (SSSR count). The average molecular weight is 206 g/mol. The Bertz CT molecular complexity index is 322. The molecule has 0 fully saturated rings. The zero-order valence-electron chi connectivity index (χ0n) is 9.53. The summed E-state index contributed by atoms with van der Waals surface area (Å²) in [7, 11) is 0. The second kappa shape index (κ2) is 4.47. The predicted octanol–water partition coefficient (Wildman–Crippen LogP) is 2.98. The van der Waals surface area contributed by atoms with Gasteiger partial charge in [0.25, 0.3) is 0 Å². The lowest BCUT2D eigenvalue weighted by molar-refractivity contribution is -0.145. The van der Waals surface area contributed by atoms with Gasteiger partial charge in [0.2, 0.25) is 0 Å². The van der Waals surface area contributed by atoms with Gasteiger partial charge < -0.3 is 5.11 Å². The van der Waals surface area contributed by atoms with E-state index in [4.69, 9.17) is 0 Å². The minimum absolute atomic E-state index is 0.207. The summed E-state index contributed by atoms with van der Waals surface area (Å²) in [4.78, 5) is 11.2. The monoisotopic (exact) mass is 206 g/mol. The highest BCUT2D eigenvalue weighted by Gasteiger charge is 2.30. The molecule has 82 valence electrons. The molecule has 0 saturated carbocycles. The van der Waals surface area contributed by atoms with Gasteiger partial charge in [0.05, 0.1) is 5.92 Å². The van der Waals surface area contributed by atoms with Crippen LogP contribution < -0.4 is 0 Å². The molecule has 0 spiro atoms. The maximum atomic E-state index is 11.2. The van der Waals surface area contributed by atoms with E-state index in [0.29, 0.717) is 6.42 Å². The second-order valence-corrected chi connectivity index (χ2v) is 4.95. The van der Waals surface area contributed by atoms with E-state index in [1.54, 1.807) is 0 Å². The Morgan fingerprint density at radius 1 is 1.27 bits per heavy atom. The summed E-state index contributed by atoms with van der Waals surface area (Å²) in [6, 6.07) is 9.77. The van der Waals surface area contributed by atoms with E-state index < -0.39 is 5.97 Å². The summed E-state index contributed by atoms with van der Waals surface area (Å²) in [5.74, 6) is -1.05. The van der Waals surface area contributed by atoms with Gasteiger partial charge in [-0.3, -0.25) is 4.79 Å². The zero-order chi connectivity index (χ0) is 11.5. The standard InChI is InChI=1S/C13H18O2/c1-13(2,3)11(12(14)15)9-10-7-5-4-6-8-10/h4-8,11H,9H2,1-3H3,(H,14,15). The van der Waals surface area contributed by atoms with Crippen LogP contribution in [0.4, 0.5) is 0 Å². The minimum Gasteiger partial charge on any atom is -0.481 e. The fourth-order valence-electron chi connectivity index (χ4n) is 1.61. The van der Waals surface area contributed by atoms with Crippen LogP contribution >= 0.6 is 0 Å². The van der Waals surface area contributed by atoms with Gasteiger partial charge in [0.1, 0.15) is 0 Å². The van der Waals surface area contributed by atoms with Crippen molar-refractivity contribution in [3.05, 3.63) is 35.9 Å². The van der Waals surface area contributed by atoms with E-state index in [1.807, 2.05) is 51.1 Å². The van der Waals surface area contributed by atoms with Crippen LogP contribution in [-0.2, 0) is 11.2 Å². The quantitative estimate of drug-likeness (QED) is 0.825. The SMILES string of the molecule is CC(C)(C)C(Cc1ccccc1)C(=O)O. The molecule has 0 saturated heterocycles. The molecule has 2 nitrogen and oxygen atoms in total. The molecular weight excluding hydrogens is 188 g/mol. The van der Waals surface area contributed by atoms with Crippen molar-refractivity contribution in [3.63, 3.8) is 0 Å². The van der Waals surface area contributed by atoms with Gasteiger partial charge in [-0.1, -0.05) is 51.1 Å². The highest BCUT2D eigenvalue weighted by atomic mass is 16.4. The van der Waals surface area contributed by atoms with Crippen LogP contribution in [0.15, 0.2) is 30.3 Å². The van der Waals surface area contributed by atoms with Gasteiger partial charge in [-0.15, -0.1) is 0 Å². The fourth-order valence-corrected chi connectivity index (χ4v) is 1.61. The number of hydrogen-bond acceptors (Lipinski definition) is 1. The molecule has 0 bridgehead atoms. The van der Waals surface area contributed by atoms with Crippen molar-refractivity contribution in [2.45, 2.75) is 27.2 Å². The Morgan fingerprint density at radius 2 is 1.80 bits per heavy atom. The van der Waals surface area contributed by atoms with Gasteiger partial charge in [-0.2, -0.15) is 0 Å². The maximum absolute atomic E-state index is 11.2. The molecule has 0 heterocycles. The van der Waals surface area contributed by atoms with Crippen LogP contribution in [0.3, 0.4) is 0 Å². The lowest BCUT2D eigenvalue weighted by Gasteiger charge is -2.27. The third kappa shape index (κ3) is 3.39. The van der Waals surface area contributed by atoms with Crippen LogP contribution in [0, 0.1) is 11.3 Å². The summed E-state index contributed by atoms with van der Waals surface area (Å²) in [6.07, 6.45) is 0.597. The molecule has 0 aliphatic rings. The molecule has 15 heavy (non-hydrogen) atoms. The Kier molecular flexibility index (Phi) is 3.51. The number of hydrogen-bond donors (Lipinski definition) is 1. The fraction of sp³-hybridized carbons (Fsp3) is 0.462. The van der Waals surface area contributed by atoms with E-state index in [-0.39, 0.29) is 11.3 Å². The first kappa shape index (κ1) is 11.8. The van der Waals surface area contributed by atoms with E-state index in [9.17, 15) is 9.90 Å². The molecule has 1 unspecified atom stereocenters. The highest BCUT2D eigenvalue weighted by Crippen LogP contribution is 2.29. The lowest BCUT2D eigenvalue weighted by Crippen LogP contribution is -2.30. The number of rotatable bonds is 3. The summed E-state index contributed by atoms with van der Waals surface area (Å²) in [5.41, 5.74) is 0.876. The van der Waals surface area contributed by atoms with E-state index in [0.717, 1.165) is 5.56 Å². The number of carboxylic acids is 1. The number of aliphatic carboxylic acids is 1. The Balaban J connectivity index is 2.82. The Morgan fingerprint density at radius 3 is 2.20 bits per heavy atom. The van der Waals surface area contributed by atoms with Gasteiger partial charge in [-0.25, -0.2) is 0 Å². The summed E-state index contributed by atoms with van der Waals surface area (Å²) < 4.78 is 0. The normalized spacial score (nSPS) is 13.5. The zero-order valence-corrected chi connectivity index (χ0v) is 9.53. The van der Waals surface area contributed by atoms with Crippen LogP contribution in [0.25, 0.3) is 0 Å². The average Bonchev–Trinajstić information content (AvgIpc) is 2.13. The number of carbonyl (C=O) groups is 1. The van der Waals surface area contributed by atoms with Crippen LogP contribution in [0.1, 0.15) is 26.3 Å². The van der Waals surface area contributed by atoms with Gasteiger partial charge >= 0.3 is 5.97 Å². The molecule has 0 amide bonds. The highest BCUT2D eigenvalue weighted by molar-refractivity contribution is 5.71. The number of benzene rings is 1. The van der Waals surface area contributed by atoms with Crippen LogP contribution in [0.5, 0.6) is 0 Å². The van der Waals surface area contributed by atoms with E-state index >= 15 is 0 Å². The van der Waals surface area contributed by atoms with Gasteiger partial charge in [-0.05, 0) is 17.4 Å². The Hall–Kier alpha value is -1.31. The third-order valence-electron chi connectivity index (χ3n) is 2.63. The molecule has 1 atom stereocenters. The number of carboxylic acid groups (broad SMARTS) is 1. The van der Waals surface area contributed by atoms with Crippen molar-refractivity contribution < 1.29 is 9.90 Å². The maximum Gasteiger partial charge on any atom is 0.307 e. The molecule has 1 aromatic carbocycles. The van der Waals surface area contributed by atoms with Crippen molar-refractivity contribution in [2.75, 3.05) is 0 Å². The van der Waals surface area contributed by atoms with Crippen LogP contribution in [0.2, 0.25) is 0 Å². The molecule has 1 aromatic rings. The minimum atomic E-state index is -0.716. The molecule has 1 N–H and O–H groups in total. The van der Waals surface area contributed by atoms with E-state index in [1.165, 1.54) is 0 Å². The third-order valence-corrected chi connectivity index (χ3v) is 2.63. The Labute approximate surface area is 90.9 Å². The van der Waals surface area contributed by atoms with Crippen molar-refractivity contribution in [3.8, 4) is 0 Å². The predicted molar refractivity (Wildman–Crippen MR) is 60.7 cm³/mol. The molecule has 0 radical (unpaired) electrons. The largest absolute Gasteiger partial charge is 0.481 e. The van der Waals surface area contributed by atoms with Crippen LogP contribution in [-0.4, -0.2) is 11.1 Å². The first-order chi connectivity index (χ1) is 6.91. The molecule has 0 aliphatic heterocycles. The van der Waals surface area contributed by atoms with Gasteiger partial charge in [0.15, 0.2) is 0 Å². The van der Waals surface area contributed by atoms with Crippen molar-refractivity contribution in [2.24, 2.45) is 11.3 Å². The van der Waals surface area contributed by atoms with Crippen molar-refractivity contribution >= 4 is 5.97 Å². The van der Waals surface area contributed by atoms with E-state index in [2.05, 4.69) is 0 Å². The second-order valence-electron chi connectivity index (χ2n) is 4.95. The summed E-state index contributed by atoms with van der Waals surface area (Å²) in [6.45, 7) is 5.90. The topological polar surface area (TPSA) is 37.3 Å². The first-order valence-corrected chi connectivity index (χ1v) is 5.18. The molecule has 0 aromatic heterocycles.